The Balaban J connectivity index is 1.44. The van der Waals surface area contributed by atoms with Crippen LogP contribution in [0.3, 0.4) is 0 Å². The highest BCUT2D eigenvalue weighted by Crippen LogP contribution is 2.32. The second-order valence-corrected chi connectivity index (χ2v) is 8.89. The van der Waals surface area contributed by atoms with Gasteiger partial charge in [-0.2, -0.15) is 4.31 Å². The van der Waals surface area contributed by atoms with Gasteiger partial charge in [0, 0.05) is 24.7 Å². The molecule has 2 aromatic carbocycles. The lowest BCUT2D eigenvalue weighted by Crippen LogP contribution is -2.43. The van der Waals surface area contributed by atoms with Gasteiger partial charge in [-0.3, -0.25) is 4.79 Å². The van der Waals surface area contributed by atoms with E-state index in [0.29, 0.717) is 30.0 Å². The third-order valence-electron chi connectivity index (χ3n) is 5.08. The van der Waals surface area contributed by atoms with Crippen LogP contribution in [-0.2, 0) is 10.0 Å². The predicted octanol–water partition coefficient (Wildman–Crippen LogP) is 2.31. The Morgan fingerprint density at radius 2 is 1.89 bits per heavy atom. The molecule has 0 radical (unpaired) electrons. The molecule has 0 saturated carbocycles. The molecule has 2 aliphatic heterocycles. The summed E-state index contributed by atoms with van der Waals surface area (Å²) in [6, 6.07) is 11.6. The molecule has 4 rings (SSSR count). The molecular weight excluding hydrogens is 380 g/mol. The summed E-state index contributed by atoms with van der Waals surface area (Å²) >= 11 is 0. The zero-order valence-corrected chi connectivity index (χ0v) is 16.4. The first-order valence-electron chi connectivity index (χ1n) is 9.21. The first kappa shape index (κ1) is 18.8. The second-order valence-electron chi connectivity index (χ2n) is 7.00. The fourth-order valence-corrected chi connectivity index (χ4v) is 5.22. The number of hydrogen-bond donors (Lipinski definition) is 1. The van der Waals surface area contributed by atoms with E-state index in [1.165, 1.54) is 4.31 Å². The minimum absolute atomic E-state index is 0.147. The fraction of sp³-hybridized carbons (Fsp3) is 0.350. The van der Waals surface area contributed by atoms with Gasteiger partial charge in [-0.25, -0.2) is 8.42 Å². The van der Waals surface area contributed by atoms with Gasteiger partial charge in [0.25, 0.3) is 5.91 Å². The Hall–Kier alpha value is -2.58. The summed E-state index contributed by atoms with van der Waals surface area (Å²) in [5.41, 5.74) is 1.46. The van der Waals surface area contributed by atoms with Crippen LogP contribution in [0.4, 0.5) is 0 Å². The third-order valence-corrected chi connectivity index (χ3v) is 7.05. The average Bonchev–Trinajstić information content (AvgIpc) is 3.35. The van der Waals surface area contributed by atoms with Crippen LogP contribution in [0.15, 0.2) is 47.4 Å². The van der Waals surface area contributed by atoms with Gasteiger partial charge in [0.2, 0.25) is 16.8 Å². The van der Waals surface area contributed by atoms with E-state index < -0.39 is 10.0 Å². The number of amides is 1. The summed E-state index contributed by atoms with van der Waals surface area (Å²) in [5, 5.41) is 2.85. The van der Waals surface area contributed by atoms with Crippen molar-refractivity contribution in [2.24, 2.45) is 0 Å². The Morgan fingerprint density at radius 3 is 2.68 bits per heavy atom. The van der Waals surface area contributed by atoms with Crippen LogP contribution in [0.5, 0.6) is 11.5 Å². The zero-order chi connectivity index (χ0) is 19.7. The van der Waals surface area contributed by atoms with Crippen molar-refractivity contribution in [3.8, 4) is 11.5 Å². The quantitative estimate of drug-likeness (QED) is 0.830. The molecule has 2 heterocycles. The standard InChI is InChI=1S/C20H22N2O5S/c1-14-4-7-17(8-5-14)28(24,25)22-10-2-3-16(22)12-21-20(23)15-6-9-18-19(11-15)27-13-26-18/h4-9,11,16H,2-3,10,12-13H2,1H3,(H,21,23)/t16-/m0/s1. The van der Waals surface area contributed by atoms with E-state index in [1.807, 2.05) is 6.92 Å². The van der Waals surface area contributed by atoms with Crippen molar-refractivity contribution in [3.63, 3.8) is 0 Å². The SMILES string of the molecule is Cc1ccc(S(=O)(=O)N2CCC[C@H]2CNC(=O)c2ccc3c(c2)OCO3)cc1. The molecule has 8 heteroatoms. The van der Waals surface area contributed by atoms with E-state index in [0.717, 1.165) is 12.0 Å². The summed E-state index contributed by atoms with van der Waals surface area (Å²) in [5.74, 6) is 0.887. The molecule has 1 fully saturated rings. The van der Waals surface area contributed by atoms with Crippen LogP contribution in [0, 0.1) is 6.92 Å². The Labute approximate surface area is 164 Å². The molecule has 1 atom stereocenters. The Morgan fingerprint density at radius 1 is 1.14 bits per heavy atom. The number of fused-ring (bicyclic) bond motifs is 1. The number of aryl methyl sites for hydroxylation is 1. The molecule has 2 aliphatic rings. The van der Waals surface area contributed by atoms with E-state index >= 15 is 0 Å². The molecule has 1 saturated heterocycles. The molecule has 7 nitrogen and oxygen atoms in total. The Bertz CT molecular complexity index is 988. The number of sulfonamides is 1. The number of carbonyl (C=O) groups is 1. The van der Waals surface area contributed by atoms with E-state index in [2.05, 4.69) is 5.32 Å². The number of carbonyl (C=O) groups excluding carboxylic acids is 1. The maximum Gasteiger partial charge on any atom is 0.251 e. The van der Waals surface area contributed by atoms with Gasteiger partial charge in [-0.15, -0.1) is 0 Å². The smallest absolute Gasteiger partial charge is 0.251 e. The predicted molar refractivity (Wildman–Crippen MR) is 103 cm³/mol. The summed E-state index contributed by atoms with van der Waals surface area (Å²) in [7, 11) is -3.58. The van der Waals surface area contributed by atoms with Crippen molar-refractivity contribution in [1.29, 1.82) is 0 Å². The molecule has 28 heavy (non-hydrogen) atoms. The van der Waals surface area contributed by atoms with Gasteiger partial charge in [0.1, 0.15) is 0 Å². The fourth-order valence-electron chi connectivity index (χ4n) is 3.53. The molecule has 0 spiro atoms. The Kier molecular flexibility index (Phi) is 4.99. The van der Waals surface area contributed by atoms with Crippen LogP contribution in [0.25, 0.3) is 0 Å². The minimum atomic E-state index is -3.58. The van der Waals surface area contributed by atoms with E-state index in [1.54, 1.807) is 42.5 Å². The highest BCUT2D eigenvalue weighted by atomic mass is 32.2. The summed E-state index contributed by atoms with van der Waals surface area (Å²) in [6.45, 7) is 2.79. The van der Waals surface area contributed by atoms with Crippen LogP contribution in [-0.4, -0.2) is 44.6 Å². The first-order chi connectivity index (χ1) is 13.4. The molecule has 148 valence electrons. The number of nitrogens with zero attached hydrogens (tertiary/aromatic N) is 1. The summed E-state index contributed by atoms with van der Waals surface area (Å²) in [6.07, 6.45) is 1.49. The average molecular weight is 402 g/mol. The maximum absolute atomic E-state index is 13.0. The maximum atomic E-state index is 13.0. The molecule has 0 bridgehead atoms. The van der Waals surface area contributed by atoms with Crippen LogP contribution in [0.2, 0.25) is 0 Å². The highest BCUT2D eigenvalue weighted by Gasteiger charge is 2.35. The van der Waals surface area contributed by atoms with E-state index in [-0.39, 0.29) is 30.2 Å². The number of hydrogen-bond acceptors (Lipinski definition) is 5. The van der Waals surface area contributed by atoms with Crippen molar-refractivity contribution >= 4 is 15.9 Å². The van der Waals surface area contributed by atoms with Crippen LogP contribution >= 0.6 is 0 Å². The molecule has 2 aromatic rings. The zero-order valence-electron chi connectivity index (χ0n) is 15.6. The van der Waals surface area contributed by atoms with Gasteiger partial charge in [0.05, 0.1) is 4.90 Å². The van der Waals surface area contributed by atoms with Crippen LogP contribution in [0.1, 0.15) is 28.8 Å². The molecule has 0 unspecified atom stereocenters. The topological polar surface area (TPSA) is 84.9 Å². The van der Waals surface area contributed by atoms with Crippen molar-refractivity contribution in [2.75, 3.05) is 19.9 Å². The number of nitrogens with one attached hydrogen (secondary N) is 1. The lowest BCUT2D eigenvalue weighted by atomic mass is 10.1. The normalized spacial score (nSPS) is 19.0. The number of benzene rings is 2. The third kappa shape index (κ3) is 3.57. The summed E-state index contributed by atoms with van der Waals surface area (Å²) < 4.78 is 38.0. The van der Waals surface area contributed by atoms with E-state index in [4.69, 9.17) is 9.47 Å². The molecule has 0 aliphatic carbocycles. The molecule has 1 N–H and O–H groups in total. The molecule has 0 aromatic heterocycles. The molecular formula is C20H22N2O5S. The minimum Gasteiger partial charge on any atom is -0.454 e. The number of ether oxygens (including phenoxy) is 2. The van der Waals surface area contributed by atoms with Gasteiger partial charge >= 0.3 is 0 Å². The van der Waals surface area contributed by atoms with Crippen molar-refractivity contribution in [2.45, 2.75) is 30.7 Å². The first-order valence-corrected chi connectivity index (χ1v) is 10.7. The van der Waals surface area contributed by atoms with Gasteiger partial charge in [0.15, 0.2) is 11.5 Å². The lowest BCUT2D eigenvalue weighted by molar-refractivity contribution is 0.0946. The second kappa shape index (κ2) is 7.44. The number of rotatable bonds is 5. The van der Waals surface area contributed by atoms with Crippen molar-refractivity contribution in [1.82, 2.24) is 9.62 Å². The van der Waals surface area contributed by atoms with Gasteiger partial charge in [-0.1, -0.05) is 17.7 Å². The largest absolute Gasteiger partial charge is 0.454 e. The lowest BCUT2D eigenvalue weighted by Gasteiger charge is -2.24. The van der Waals surface area contributed by atoms with Gasteiger partial charge < -0.3 is 14.8 Å². The van der Waals surface area contributed by atoms with Gasteiger partial charge in [-0.05, 0) is 50.1 Å². The van der Waals surface area contributed by atoms with E-state index in [9.17, 15) is 13.2 Å². The summed E-state index contributed by atoms with van der Waals surface area (Å²) in [4.78, 5) is 12.8. The van der Waals surface area contributed by atoms with Crippen LogP contribution < -0.4 is 14.8 Å². The molecule has 1 amide bonds. The monoisotopic (exact) mass is 402 g/mol. The van der Waals surface area contributed by atoms with Crippen molar-refractivity contribution < 1.29 is 22.7 Å². The van der Waals surface area contributed by atoms with Crippen molar-refractivity contribution in [3.05, 3.63) is 53.6 Å². The highest BCUT2D eigenvalue weighted by molar-refractivity contribution is 7.89.